The summed E-state index contributed by atoms with van der Waals surface area (Å²) in [5, 5.41) is 0.611. The quantitative estimate of drug-likeness (QED) is 0.586. The Kier molecular flexibility index (Phi) is 7.84. The van der Waals surface area contributed by atoms with E-state index in [1.165, 1.54) is 4.90 Å². The average molecular weight is 485 g/mol. The molecule has 6 nitrogen and oxygen atoms in total. The first kappa shape index (κ1) is 24.1. The Labute approximate surface area is 192 Å². The van der Waals surface area contributed by atoms with E-state index in [-0.39, 0.29) is 18.2 Å². The second-order valence-electron chi connectivity index (χ2n) is 7.34. The summed E-state index contributed by atoms with van der Waals surface area (Å²) in [5.41, 5.74) is 0.753. The van der Waals surface area contributed by atoms with Crippen molar-refractivity contribution >= 4 is 40.0 Å². The summed E-state index contributed by atoms with van der Waals surface area (Å²) >= 11 is 6.07. The van der Waals surface area contributed by atoms with Crippen molar-refractivity contribution in [1.82, 2.24) is 4.90 Å². The van der Waals surface area contributed by atoms with Crippen LogP contribution in [0.1, 0.15) is 24.2 Å². The highest BCUT2D eigenvalue weighted by atomic mass is 35.5. The molecule has 3 rings (SSSR count). The van der Waals surface area contributed by atoms with E-state index in [2.05, 4.69) is 9.64 Å². The lowest BCUT2D eigenvalue weighted by Gasteiger charge is -2.41. The summed E-state index contributed by atoms with van der Waals surface area (Å²) in [7, 11) is -2.26. The van der Waals surface area contributed by atoms with Gasteiger partial charge in [0.05, 0.1) is 17.4 Å². The number of esters is 1. The van der Waals surface area contributed by atoms with Crippen LogP contribution in [0.4, 0.5) is 14.5 Å². The van der Waals surface area contributed by atoms with Crippen molar-refractivity contribution in [2.75, 3.05) is 36.9 Å². The maximum Gasteiger partial charge on any atom is 0.318 e. The Bertz CT molecular complexity index is 1030. The number of nitrogens with zero attached hydrogens (tertiary/aromatic N) is 2. The number of anilines is 1. The molecule has 1 heterocycles. The van der Waals surface area contributed by atoms with Crippen LogP contribution in [0.15, 0.2) is 41.3 Å². The third-order valence-corrected chi connectivity index (χ3v) is 6.66. The molecular weight excluding hydrogens is 462 g/mol. The molecule has 1 amide bonds. The maximum absolute atomic E-state index is 14.5. The number of carbonyl (C=O) groups is 2. The lowest BCUT2D eigenvalue weighted by molar-refractivity contribution is -0.139. The minimum atomic E-state index is -2.26. The number of amides is 1. The van der Waals surface area contributed by atoms with Gasteiger partial charge in [-0.1, -0.05) is 17.7 Å². The Morgan fingerprint density at radius 3 is 2.47 bits per heavy atom. The van der Waals surface area contributed by atoms with Crippen molar-refractivity contribution in [1.29, 1.82) is 0 Å². The van der Waals surface area contributed by atoms with E-state index >= 15 is 0 Å². The number of hydrogen-bond donors (Lipinski definition) is 0. The zero-order valence-electron chi connectivity index (χ0n) is 17.6. The van der Waals surface area contributed by atoms with E-state index in [1.54, 1.807) is 13.0 Å². The molecule has 1 aliphatic rings. The third-order valence-electron chi connectivity index (χ3n) is 5.08. The van der Waals surface area contributed by atoms with Crippen molar-refractivity contribution < 1.29 is 27.3 Å². The third kappa shape index (κ3) is 5.45. The Balaban J connectivity index is 1.73. The lowest BCUT2D eigenvalue weighted by atomic mass is 10.1. The molecule has 0 spiro atoms. The topological polar surface area (TPSA) is 66.9 Å². The molecule has 0 N–H and O–H groups in total. The molecule has 0 aliphatic carbocycles. The summed E-state index contributed by atoms with van der Waals surface area (Å²) in [6.07, 6.45) is 0. The van der Waals surface area contributed by atoms with Crippen LogP contribution in [0.2, 0.25) is 5.02 Å². The monoisotopic (exact) mass is 484 g/mol. The molecule has 1 saturated heterocycles. The van der Waals surface area contributed by atoms with E-state index in [0.29, 0.717) is 24.7 Å². The molecule has 32 heavy (non-hydrogen) atoms. The summed E-state index contributed by atoms with van der Waals surface area (Å²) in [6.45, 7) is 4.82. The number of hydrogen-bond acceptors (Lipinski definition) is 5. The number of carbonyl (C=O) groups excluding carboxylic acids is 2. The van der Waals surface area contributed by atoms with E-state index in [0.717, 1.165) is 17.8 Å². The van der Waals surface area contributed by atoms with Crippen LogP contribution < -0.4 is 4.90 Å². The van der Waals surface area contributed by atoms with Crippen molar-refractivity contribution in [2.24, 2.45) is 0 Å². The first-order chi connectivity index (χ1) is 15.2. The van der Waals surface area contributed by atoms with Crippen molar-refractivity contribution in [3.05, 3.63) is 58.6 Å². The molecule has 1 fully saturated rings. The van der Waals surface area contributed by atoms with E-state index < -0.39 is 45.0 Å². The largest absolute Gasteiger partial charge is 0.465 e. The van der Waals surface area contributed by atoms with Crippen molar-refractivity contribution in [3.8, 4) is 0 Å². The fraction of sp³-hybridized carbons (Fsp3) is 0.364. The Morgan fingerprint density at radius 1 is 1.19 bits per heavy atom. The van der Waals surface area contributed by atoms with Crippen LogP contribution in [-0.2, 0) is 20.3 Å². The second kappa shape index (κ2) is 10.4. The maximum atomic E-state index is 14.5. The standard InChI is InChI=1S/C22H23ClF2N2O4S/c1-3-31-20(28)13-32(30)21-18(24)9-15(10-19(21)25)22(29)26-7-8-27(14(2)12-26)17-6-4-5-16(23)11-17/h4-6,9-11,14H,3,7-8,12-13H2,1-2H3/t14-,32?/m1/s1. The second-order valence-corrected chi connectivity index (χ2v) is 9.16. The molecule has 2 atom stereocenters. The van der Waals surface area contributed by atoms with E-state index in [4.69, 9.17) is 11.6 Å². The first-order valence-corrected chi connectivity index (χ1v) is 11.8. The van der Waals surface area contributed by atoms with Gasteiger partial charge in [-0.15, -0.1) is 0 Å². The predicted octanol–water partition coefficient (Wildman–Crippen LogP) is 3.64. The molecule has 2 aromatic carbocycles. The van der Waals surface area contributed by atoms with Crippen LogP contribution >= 0.6 is 11.6 Å². The summed E-state index contributed by atoms with van der Waals surface area (Å²) in [5.74, 6) is -4.29. The molecular formula is C22H23ClF2N2O4S. The van der Waals surface area contributed by atoms with Crippen LogP contribution in [0, 0.1) is 11.6 Å². The van der Waals surface area contributed by atoms with Gasteiger partial charge < -0.3 is 14.5 Å². The van der Waals surface area contributed by atoms with Crippen LogP contribution in [0.3, 0.4) is 0 Å². The molecule has 1 aliphatic heterocycles. The van der Waals surface area contributed by atoms with Crippen molar-refractivity contribution in [3.63, 3.8) is 0 Å². The van der Waals surface area contributed by atoms with Crippen LogP contribution in [-0.4, -0.2) is 59.0 Å². The fourth-order valence-electron chi connectivity index (χ4n) is 3.65. The molecule has 10 heteroatoms. The number of halogens is 3. The van der Waals surface area contributed by atoms with Gasteiger partial charge in [0.1, 0.15) is 22.3 Å². The highest BCUT2D eigenvalue weighted by Crippen LogP contribution is 2.25. The SMILES string of the molecule is CCOC(=O)CS(=O)c1c(F)cc(C(=O)N2CCN(c3cccc(Cl)c3)[C@H](C)C2)cc1F. The summed E-state index contributed by atoms with van der Waals surface area (Å²) in [4.78, 5) is 27.3. The smallest absolute Gasteiger partial charge is 0.318 e. The number of piperazine rings is 1. The summed E-state index contributed by atoms with van der Waals surface area (Å²) < 4.78 is 46.0. The van der Waals surface area contributed by atoms with E-state index in [1.807, 2.05) is 25.1 Å². The zero-order valence-corrected chi connectivity index (χ0v) is 19.2. The number of rotatable bonds is 6. The Hall–Kier alpha value is -2.52. The van der Waals surface area contributed by atoms with Crippen LogP contribution in [0.25, 0.3) is 0 Å². The highest BCUT2D eigenvalue weighted by Gasteiger charge is 2.29. The minimum Gasteiger partial charge on any atom is -0.465 e. The van der Waals surface area contributed by atoms with Gasteiger partial charge in [-0.3, -0.25) is 13.8 Å². The van der Waals surface area contributed by atoms with Gasteiger partial charge in [-0.25, -0.2) is 8.78 Å². The molecule has 0 bridgehead atoms. The van der Waals surface area contributed by atoms with Gasteiger partial charge in [0.2, 0.25) is 0 Å². The molecule has 0 saturated carbocycles. The fourth-order valence-corrected chi connectivity index (χ4v) is 4.82. The van der Waals surface area contributed by atoms with Gasteiger partial charge in [0, 0.05) is 41.9 Å². The van der Waals surface area contributed by atoms with Crippen LogP contribution in [0.5, 0.6) is 0 Å². The van der Waals surface area contributed by atoms with Gasteiger partial charge >= 0.3 is 5.97 Å². The summed E-state index contributed by atoms with van der Waals surface area (Å²) in [6, 6.07) is 9.07. The predicted molar refractivity (Wildman–Crippen MR) is 118 cm³/mol. The Morgan fingerprint density at radius 2 is 1.88 bits per heavy atom. The number of ether oxygens (including phenoxy) is 1. The van der Waals surface area contributed by atoms with Crippen molar-refractivity contribution in [2.45, 2.75) is 24.8 Å². The van der Waals surface area contributed by atoms with E-state index in [9.17, 15) is 22.6 Å². The molecule has 1 unspecified atom stereocenters. The normalized spacial score (nSPS) is 17.2. The van der Waals surface area contributed by atoms with Gasteiger partial charge in [0.15, 0.2) is 0 Å². The number of benzene rings is 2. The zero-order chi connectivity index (χ0) is 23.4. The van der Waals surface area contributed by atoms with Gasteiger partial charge in [0.25, 0.3) is 5.91 Å². The highest BCUT2D eigenvalue weighted by molar-refractivity contribution is 7.85. The molecule has 0 radical (unpaired) electrons. The lowest BCUT2D eigenvalue weighted by Crippen LogP contribution is -2.53. The molecule has 2 aromatic rings. The first-order valence-electron chi connectivity index (χ1n) is 10.1. The minimum absolute atomic E-state index is 0.0442. The van der Waals surface area contributed by atoms with Gasteiger partial charge in [-0.05, 0) is 44.2 Å². The molecule has 172 valence electrons. The van der Waals surface area contributed by atoms with Gasteiger partial charge in [-0.2, -0.15) is 0 Å². The average Bonchev–Trinajstić information content (AvgIpc) is 2.72. The molecule has 0 aromatic heterocycles.